The molecule has 4 fully saturated rings. The van der Waals surface area contributed by atoms with Crippen molar-refractivity contribution in [2.75, 3.05) is 86.8 Å². The maximum Gasteiger partial charge on any atom is 0.259 e. The summed E-state index contributed by atoms with van der Waals surface area (Å²) >= 11 is 0. The summed E-state index contributed by atoms with van der Waals surface area (Å²) in [4.78, 5) is 127. The Morgan fingerprint density at radius 1 is 0.434 bits per heavy atom. The summed E-state index contributed by atoms with van der Waals surface area (Å²) in [5.41, 5.74) is 21.1. The molecule has 17 heterocycles. The van der Waals surface area contributed by atoms with Crippen molar-refractivity contribution in [2.24, 2.45) is 0 Å². The zero-order chi connectivity index (χ0) is 94.9. The van der Waals surface area contributed by atoms with Crippen LogP contribution in [0.4, 0.5) is 23.3 Å². The Hall–Kier alpha value is -13.8. The van der Waals surface area contributed by atoms with E-state index >= 15 is 0 Å². The Kier molecular flexibility index (Phi) is 27.2. The molecule has 136 heavy (non-hydrogen) atoms. The van der Waals surface area contributed by atoms with Gasteiger partial charge in [0.15, 0.2) is 40.0 Å². The molecule has 4 aromatic carbocycles. The second-order valence-electron chi connectivity index (χ2n) is 37.9. The molecule has 13 aromatic heterocycles. The quantitative estimate of drug-likeness (QED) is 0.0389. The lowest BCUT2D eigenvalue weighted by Gasteiger charge is -2.36. The zero-order valence-electron chi connectivity index (χ0n) is 80.3. The highest BCUT2D eigenvalue weighted by atomic mass is 16.1. The monoisotopic (exact) mass is 1830 g/mol. The van der Waals surface area contributed by atoms with Gasteiger partial charge in [-0.1, -0.05) is 72.8 Å². The summed E-state index contributed by atoms with van der Waals surface area (Å²) in [5, 5.41) is 23.1. The fourth-order valence-electron chi connectivity index (χ4n) is 21.0. The molecule has 34 nitrogen and oxygen atoms in total. The minimum atomic E-state index is 0.0641. The summed E-state index contributed by atoms with van der Waals surface area (Å²) in [6, 6.07) is 35.7. The lowest BCUT2D eigenvalue weighted by Crippen LogP contribution is -2.42. The number of imidazole rings is 3. The molecule has 17 aromatic rings. The van der Waals surface area contributed by atoms with Gasteiger partial charge in [0.25, 0.3) is 22.2 Å². The minimum absolute atomic E-state index is 0.0641. The van der Waals surface area contributed by atoms with Crippen LogP contribution in [0.15, 0.2) is 173 Å². The fraction of sp³-hybridized carbons (Fsp3) is 0.422. The Morgan fingerprint density at radius 2 is 0.809 bits per heavy atom. The first-order chi connectivity index (χ1) is 65.9. The van der Waals surface area contributed by atoms with E-state index in [9.17, 15) is 19.2 Å². The fourth-order valence-corrected chi connectivity index (χ4v) is 21.0. The molecule has 0 unspecified atom stereocenters. The second kappa shape index (κ2) is 40.0. The SMILES string of the molecule is CCN(Cc1cc2cccc(C)c2c(=O)n1C1CCN(C(C)C)CC1)c1ncnc2nc[nH]c12.Cc1cccc2cc(CN(C)c3ncnc4nc[nH]c34)n(C3CCN(C(C)C)CC3)c(=O)c12.Cc1cccc2cc(CNc3ncnc4nc[nH]c34)n(C3CCN(C(C)C)CC3)c(=O)c12.Cc1cccc2cc(Cn3nc(-c4cn[nH]c4)c4c(N)ncnc43)n(C3CCN(C(C)C)CC3)c(=O)c12. The Morgan fingerprint density at radius 3 is 1.24 bits per heavy atom. The number of H-pyrrole nitrogens is 4. The highest BCUT2D eigenvalue weighted by Crippen LogP contribution is 2.37. The highest BCUT2D eigenvalue weighted by molar-refractivity contribution is 5.98. The van der Waals surface area contributed by atoms with E-state index in [1.165, 1.54) is 19.0 Å². The smallest absolute Gasteiger partial charge is 0.259 e. The maximum atomic E-state index is 14.0. The molecule has 0 atom stereocenters. The van der Waals surface area contributed by atoms with Crippen LogP contribution >= 0.6 is 0 Å². The molecular formula is C102H124N30O4. The number of nitrogens with zero attached hydrogens (tertiary/aromatic N) is 24. The number of nitrogens with two attached hydrogens (primary N) is 1. The number of anilines is 4. The number of pyridine rings is 4. The predicted molar refractivity (Wildman–Crippen MR) is 539 cm³/mol. The third kappa shape index (κ3) is 18.7. The third-order valence-corrected chi connectivity index (χ3v) is 28.4. The Balaban J connectivity index is 0.000000121. The van der Waals surface area contributed by atoms with Crippen molar-refractivity contribution in [2.45, 2.75) is 216 Å². The molecule has 7 N–H and O–H groups in total. The van der Waals surface area contributed by atoms with Crippen molar-refractivity contribution in [3.63, 3.8) is 0 Å². The average Bonchev–Trinajstić information content (AvgIpc) is 0.822. The first-order valence-electron chi connectivity index (χ1n) is 48.0. The number of nitrogen functional groups attached to an aromatic ring is 1. The predicted octanol–water partition coefficient (Wildman–Crippen LogP) is 14.9. The van der Waals surface area contributed by atoms with E-state index in [1.807, 2.05) is 121 Å². The number of nitrogens with one attached hydrogen (secondary N) is 5. The van der Waals surface area contributed by atoms with Crippen molar-refractivity contribution in [1.29, 1.82) is 0 Å². The summed E-state index contributed by atoms with van der Waals surface area (Å²) in [7, 11) is 2.00. The molecule has 4 aliphatic heterocycles. The number of benzene rings is 4. The zero-order valence-corrected chi connectivity index (χ0v) is 80.3. The van der Waals surface area contributed by atoms with E-state index in [1.54, 1.807) is 37.7 Å². The number of aryl methyl sites for hydroxylation is 4. The molecule has 21 rings (SSSR count). The Bertz CT molecular complexity index is 7410. The summed E-state index contributed by atoms with van der Waals surface area (Å²) in [6.45, 7) is 38.9. The molecule has 0 bridgehead atoms. The van der Waals surface area contributed by atoms with Crippen LogP contribution in [0.25, 0.3) is 98.9 Å². The van der Waals surface area contributed by atoms with Gasteiger partial charge in [-0.25, -0.2) is 59.5 Å². The number of aromatic nitrogens is 22. The van der Waals surface area contributed by atoms with Gasteiger partial charge in [0.05, 0.1) is 78.3 Å². The van der Waals surface area contributed by atoms with Gasteiger partial charge >= 0.3 is 0 Å². The van der Waals surface area contributed by atoms with Gasteiger partial charge in [0.2, 0.25) is 0 Å². The summed E-state index contributed by atoms with van der Waals surface area (Å²) in [5.74, 6) is 2.63. The van der Waals surface area contributed by atoms with Crippen LogP contribution in [0.3, 0.4) is 0 Å². The van der Waals surface area contributed by atoms with E-state index in [4.69, 9.17) is 10.8 Å². The van der Waals surface area contributed by atoms with E-state index in [0.717, 1.165) is 232 Å². The Labute approximate surface area is 788 Å². The van der Waals surface area contributed by atoms with Crippen molar-refractivity contribution in [3.05, 3.63) is 240 Å². The van der Waals surface area contributed by atoms with Gasteiger partial charge in [-0.05, 0) is 209 Å². The average molecular weight is 1830 g/mol. The van der Waals surface area contributed by atoms with Gasteiger partial charge in [-0.3, -0.25) is 24.3 Å². The number of aromatic amines is 4. The second-order valence-corrected chi connectivity index (χ2v) is 37.9. The van der Waals surface area contributed by atoms with E-state index in [2.05, 4.69) is 210 Å². The van der Waals surface area contributed by atoms with Crippen LogP contribution in [0, 0.1) is 27.7 Å². The lowest BCUT2D eigenvalue weighted by molar-refractivity contribution is 0.149. The first-order valence-corrected chi connectivity index (χ1v) is 48.0. The van der Waals surface area contributed by atoms with Gasteiger partial charge < -0.3 is 73.7 Å². The third-order valence-electron chi connectivity index (χ3n) is 28.4. The normalized spacial score (nSPS) is 15.6. The number of rotatable bonds is 21. The van der Waals surface area contributed by atoms with E-state index in [0.29, 0.717) is 95.7 Å². The molecule has 4 aliphatic rings. The van der Waals surface area contributed by atoms with Gasteiger partial charge in [0, 0.05) is 149 Å². The molecule has 0 aliphatic carbocycles. The molecule has 0 amide bonds. The van der Waals surface area contributed by atoms with E-state index < -0.39 is 0 Å². The number of fused-ring (bicyclic) bond motifs is 8. The number of hydrogen-bond acceptors (Lipinski definition) is 25. The topological polar surface area (TPSA) is 381 Å². The van der Waals surface area contributed by atoms with Crippen molar-refractivity contribution < 1.29 is 0 Å². The first kappa shape index (κ1) is 92.6. The highest BCUT2D eigenvalue weighted by Gasteiger charge is 2.33. The number of piperidine rings is 4. The van der Waals surface area contributed by atoms with Crippen LogP contribution in [-0.2, 0) is 26.2 Å². The van der Waals surface area contributed by atoms with Crippen LogP contribution < -0.4 is 43.1 Å². The van der Waals surface area contributed by atoms with Crippen LogP contribution in [0.2, 0.25) is 0 Å². The van der Waals surface area contributed by atoms with Crippen molar-refractivity contribution >= 4 is 111 Å². The standard InChI is InChI=1S/C27H31N9O.C26H33N7O.C25H31N7O.C24H29N7O/c1-16(2)34-9-7-20(8-10-34)36-21(11-18-6-4-5-17(3)22(18)27(36)37)14-35-26-23(25(28)29-15-30-26)24(33-35)19-12-31-32-13-19;1-5-31(25-23-24(28-15-27-23)29-16-30-25)14-21-13-19-8-6-7-18(4)22(19)26(34)33(21)20-9-11-32(12-10-20)17(2)3;1-16(2)31-10-8-19(9-11-31)32-20(12-18-7-5-6-17(3)21(18)25(32)33)13-30(4)24-22-23(27-14-26-22)28-15-29-24;1-15(2)30-9-7-18(8-10-30)31-19(11-17-6-4-5-16(3)20(17)24(31)32)12-25-22-21-23(27-13-26-21)29-14-28-22/h4-6,11-13,15-16,20H,7-10,14H2,1-3H3,(H,31,32)(H2,28,29,30);6-8,13,15-17,20H,5,9-12,14H2,1-4H3,(H,27,28,29,30);5-7,12,14-16,19H,8-11,13H2,1-4H3,(H,26,27,28,29);4-6,11,13-15,18H,7-10,12H2,1-3H3,(H2,25,26,27,28,29). The van der Waals surface area contributed by atoms with Gasteiger partial charge in [-0.15, -0.1) is 0 Å². The van der Waals surface area contributed by atoms with E-state index in [-0.39, 0.29) is 46.4 Å². The molecule has 0 radical (unpaired) electrons. The molecule has 0 saturated carbocycles. The van der Waals surface area contributed by atoms with Crippen LogP contribution in [-0.4, -0.2) is 218 Å². The number of hydrogen-bond donors (Lipinski definition) is 6. The largest absolute Gasteiger partial charge is 0.383 e. The molecule has 4 saturated heterocycles. The maximum absolute atomic E-state index is 14.0. The van der Waals surface area contributed by atoms with Crippen molar-refractivity contribution in [1.82, 2.24) is 128 Å². The van der Waals surface area contributed by atoms with Gasteiger partial charge in [0.1, 0.15) is 53.4 Å². The lowest BCUT2D eigenvalue weighted by atomic mass is 10.00. The molecule has 0 spiro atoms. The number of likely N-dealkylation sites (tertiary alicyclic amines) is 4. The molecular weight excluding hydrogens is 1710 g/mol. The summed E-state index contributed by atoms with van der Waals surface area (Å²) in [6.07, 6.45) is 22.1. The van der Waals surface area contributed by atoms with Crippen molar-refractivity contribution in [3.8, 4) is 11.3 Å². The molecule has 34 heteroatoms. The minimum Gasteiger partial charge on any atom is -0.383 e. The van der Waals surface area contributed by atoms with Gasteiger partial charge in [-0.2, -0.15) is 10.2 Å². The van der Waals surface area contributed by atoms with Crippen LogP contribution in [0.5, 0.6) is 0 Å². The summed E-state index contributed by atoms with van der Waals surface area (Å²) < 4.78 is 10.0. The van der Waals surface area contributed by atoms with Crippen LogP contribution in [0.1, 0.15) is 183 Å². The molecule has 706 valence electrons.